The summed E-state index contributed by atoms with van der Waals surface area (Å²) in [5.41, 5.74) is 6.51. The molecule has 1 fully saturated rings. The average molecular weight is 344 g/mol. The van der Waals surface area contributed by atoms with E-state index in [-0.39, 0.29) is 17.0 Å². The summed E-state index contributed by atoms with van der Waals surface area (Å²) in [6.45, 7) is 1.87. The van der Waals surface area contributed by atoms with E-state index in [1.165, 1.54) is 39.8 Å². The Morgan fingerprint density at radius 3 is 2.95 bits per heavy atom. The number of thioether (sulfide) groups is 2. The molecule has 3 heterocycles. The second-order valence-electron chi connectivity index (χ2n) is 4.57. The van der Waals surface area contributed by atoms with Crippen molar-refractivity contribution in [2.75, 3.05) is 11.5 Å². The lowest BCUT2D eigenvalue weighted by Crippen LogP contribution is -2.68. The van der Waals surface area contributed by atoms with Crippen molar-refractivity contribution in [1.82, 2.24) is 15.1 Å². The fraction of sp³-hybridized carbons (Fsp3) is 0.455. The largest absolute Gasteiger partial charge is 0.477 e. The summed E-state index contributed by atoms with van der Waals surface area (Å²) < 4.78 is 0.795. The standard InChI is InChI=1S/C11H12N4O3S3/c1-4-13-14-11(21-4)20-3-5-2-19-9-6(12)8(16)15(9)7(5)10(17)18/h6,9H,2-3,12H2,1H3,(H,17,18)/t6?,9-/m1/s1. The van der Waals surface area contributed by atoms with E-state index in [1.807, 2.05) is 6.92 Å². The number of amides is 1. The smallest absolute Gasteiger partial charge is 0.352 e. The number of nitrogens with zero attached hydrogens (tertiary/aromatic N) is 3. The Kier molecular flexibility index (Phi) is 3.95. The van der Waals surface area contributed by atoms with Crippen LogP contribution in [0.3, 0.4) is 0 Å². The lowest BCUT2D eigenvalue weighted by Gasteiger charge is -2.48. The van der Waals surface area contributed by atoms with Gasteiger partial charge in [0.2, 0.25) is 5.91 Å². The summed E-state index contributed by atoms with van der Waals surface area (Å²) in [5.74, 6) is -0.354. The molecule has 2 aliphatic heterocycles. The third-order valence-electron chi connectivity index (χ3n) is 3.17. The maximum absolute atomic E-state index is 11.8. The van der Waals surface area contributed by atoms with Crippen molar-refractivity contribution in [2.24, 2.45) is 5.73 Å². The first-order valence-corrected chi connectivity index (χ1v) is 8.92. The molecule has 1 amide bonds. The lowest BCUT2D eigenvalue weighted by atomic mass is 10.0. The van der Waals surface area contributed by atoms with Gasteiger partial charge in [-0.2, -0.15) is 0 Å². The second kappa shape index (κ2) is 5.59. The van der Waals surface area contributed by atoms with Crippen LogP contribution in [0.25, 0.3) is 0 Å². The lowest BCUT2D eigenvalue weighted by molar-refractivity contribution is -0.147. The van der Waals surface area contributed by atoms with E-state index in [1.54, 1.807) is 0 Å². The van der Waals surface area contributed by atoms with Crippen LogP contribution in [0.15, 0.2) is 15.6 Å². The van der Waals surface area contributed by atoms with Gasteiger partial charge in [-0.15, -0.1) is 22.0 Å². The number of hydrogen-bond donors (Lipinski definition) is 2. The van der Waals surface area contributed by atoms with Gasteiger partial charge in [-0.3, -0.25) is 9.69 Å². The molecule has 0 radical (unpaired) electrons. The Morgan fingerprint density at radius 2 is 2.33 bits per heavy atom. The molecule has 112 valence electrons. The van der Waals surface area contributed by atoms with Gasteiger partial charge in [0.05, 0.1) is 0 Å². The molecule has 2 aliphatic rings. The minimum Gasteiger partial charge on any atom is -0.477 e. The number of fused-ring (bicyclic) bond motifs is 1. The maximum atomic E-state index is 11.8. The molecule has 1 aromatic heterocycles. The highest BCUT2D eigenvalue weighted by Crippen LogP contribution is 2.40. The molecule has 3 rings (SSSR count). The molecule has 0 aromatic carbocycles. The van der Waals surface area contributed by atoms with Gasteiger partial charge in [0.1, 0.15) is 22.1 Å². The topological polar surface area (TPSA) is 109 Å². The molecule has 1 saturated heterocycles. The number of aryl methyl sites for hydroxylation is 1. The van der Waals surface area contributed by atoms with Crippen LogP contribution < -0.4 is 5.73 Å². The molecule has 1 aromatic rings. The minimum atomic E-state index is -1.08. The Hall–Kier alpha value is -1.10. The summed E-state index contributed by atoms with van der Waals surface area (Å²) in [6, 6.07) is -0.593. The van der Waals surface area contributed by atoms with E-state index in [9.17, 15) is 14.7 Å². The molecule has 1 unspecified atom stereocenters. The Bertz CT molecular complexity index is 644. The number of carboxylic acid groups (broad SMARTS) is 1. The van der Waals surface area contributed by atoms with Crippen LogP contribution in [0.2, 0.25) is 0 Å². The zero-order valence-electron chi connectivity index (χ0n) is 11.0. The van der Waals surface area contributed by atoms with Crippen molar-refractivity contribution < 1.29 is 14.7 Å². The summed E-state index contributed by atoms with van der Waals surface area (Å²) >= 11 is 4.41. The number of hydrogen-bond acceptors (Lipinski definition) is 8. The number of β-lactam (4-membered cyclic amide) rings is 1. The minimum absolute atomic E-state index is 0.0826. The highest BCUT2D eigenvalue weighted by molar-refractivity contribution is 8.01. The van der Waals surface area contributed by atoms with Gasteiger partial charge < -0.3 is 10.8 Å². The monoisotopic (exact) mass is 344 g/mol. The third-order valence-corrected chi connectivity index (χ3v) is 6.59. The van der Waals surface area contributed by atoms with Crippen LogP contribution >= 0.6 is 34.9 Å². The summed E-state index contributed by atoms with van der Waals surface area (Å²) in [7, 11) is 0. The fourth-order valence-corrected chi connectivity index (χ4v) is 5.42. The van der Waals surface area contributed by atoms with E-state index < -0.39 is 12.0 Å². The molecule has 0 aliphatic carbocycles. The summed E-state index contributed by atoms with van der Waals surface area (Å²) in [4.78, 5) is 24.6. The predicted octanol–water partition coefficient (Wildman–Crippen LogP) is 0.520. The van der Waals surface area contributed by atoms with Crippen molar-refractivity contribution in [1.29, 1.82) is 0 Å². The number of carbonyl (C=O) groups excluding carboxylic acids is 1. The van der Waals surface area contributed by atoms with Crippen molar-refractivity contribution in [3.05, 3.63) is 16.3 Å². The van der Waals surface area contributed by atoms with Gasteiger partial charge in [-0.1, -0.05) is 23.1 Å². The highest BCUT2D eigenvalue weighted by atomic mass is 32.2. The molecular weight excluding hydrogens is 332 g/mol. The van der Waals surface area contributed by atoms with Gasteiger partial charge >= 0.3 is 5.97 Å². The van der Waals surface area contributed by atoms with E-state index in [2.05, 4.69) is 10.2 Å². The van der Waals surface area contributed by atoms with Crippen LogP contribution in [0.4, 0.5) is 0 Å². The van der Waals surface area contributed by atoms with E-state index in [0.717, 1.165) is 14.9 Å². The summed E-state index contributed by atoms with van der Waals surface area (Å²) in [5, 5.41) is 17.9. The van der Waals surface area contributed by atoms with Crippen molar-refractivity contribution in [3.8, 4) is 0 Å². The molecule has 0 bridgehead atoms. The number of carbonyl (C=O) groups is 2. The van der Waals surface area contributed by atoms with Crippen molar-refractivity contribution in [3.63, 3.8) is 0 Å². The van der Waals surface area contributed by atoms with E-state index in [4.69, 9.17) is 5.73 Å². The van der Waals surface area contributed by atoms with Crippen LogP contribution in [0.1, 0.15) is 5.01 Å². The normalized spacial score (nSPS) is 24.9. The SMILES string of the molecule is Cc1nnc(SCC2=C(C(=O)O)N3C(=O)C(N)[C@H]3SC2)s1. The number of nitrogens with two attached hydrogens (primary N) is 1. The fourth-order valence-electron chi connectivity index (χ4n) is 2.18. The zero-order valence-corrected chi connectivity index (χ0v) is 13.4. The maximum Gasteiger partial charge on any atom is 0.352 e. The molecule has 0 saturated carbocycles. The number of rotatable bonds is 4. The molecule has 2 atom stereocenters. The Balaban J connectivity index is 1.81. The summed E-state index contributed by atoms with van der Waals surface area (Å²) in [6.07, 6.45) is 0. The molecule has 21 heavy (non-hydrogen) atoms. The average Bonchev–Trinajstić information content (AvgIpc) is 2.88. The van der Waals surface area contributed by atoms with Gasteiger partial charge in [0, 0.05) is 11.5 Å². The molecular formula is C11H12N4O3S3. The Morgan fingerprint density at radius 1 is 1.57 bits per heavy atom. The van der Waals surface area contributed by atoms with Gasteiger partial charge in [-0.25, -0.2) is 4.79 Å². The van der Waals surface area contributed by atoms with Crippen LogP contribution in [-0.2, 0) is 9.59 Å². The van der Waals surface area contributed by atoms with Crippen molar-refractivity contribution in [2.45, 2.75) is 22.7 Å². The first-order valence-electron chi connectivity index (χ1n) is 6.07. The number of aromatic nitrogens is 2. The predicted molar refractivity (Wildman–Crippen MR) is 81.1 cm³/mol. The van der Waals surface area contributed by atoms with Crippen molar-refractivity contribution >= 4 is 46.7 Å². The van der Waals surface area contributed by atoms with Gasteiger partial charge in [-0.05, 0) is 12.5 Å². The van der Waals surface area contributed by atoms with E-state index >= 15 is 0 Å². The van der Waals surface area contributed by atoms with E-state index in [0.29, 0.717) is 11.5 Å². The first kappa shape index (κ1) is 14.8. The molecule has 7 nitrogen and oxygen atoms in total. The van der Waals surface area contributed by atoms with Gasteiger partial charge in [0.15, 0.2) is 4.34 Å². The van der Waals surface area contributed by atoms with Gasteiger partial charge in [0.25, 0.3) is 0 Å². The number of carboxylic acids is 1. The first-order chi connectivity index (χ1) is 9.99. The quantitative estimate of drug-likeness (QED) is 0.601. The zero-order chi connectivity index (χ0) is 15.1. The van der Waals surface area contributed by atoms with Crippen LogP contribution in [0, 0.1) is 6.92 Å². The number of aliphatic carboxylic acids is 1. The molecule has 0 spiro atoms. The van der Waals surface area contributed by atoms with Crippen LogP contribution in [0.5, 0.6) is 0 Å². The third kappa shape index (κ3) is 2.56. The molecule has 10 heteroatoms. The second-order valence-corrected chi connectivity index (χ2v) is 8.08. The van der Waals surface area contributed by atoms with Crippen LogP contribution in [-0.4, -0.2) is 55.0 Å². The molecule has 3 N–H and O–H groups in total. The Labute approximate surface area is 133 Å². The highest BCUT2D eigenvalue weighted by Gasteiger charge is 2.51.